The summed E-state index contributed by atoms with van der Waals surface area (Å²) >= 11 is 0. The molecule has 0 aliphatic carbocycles. The van der Waals surface area contributed by atoms with Gasteiger partial charge in [-0.1, -0.05) is 24.3 Å². The van der Waals surface area contributed by atoms with Crippen molar-refractivity contribution in [2.45, 2.75) is 79.6 Å². The second-order valence-electron chi connectivity index (χ2n) is 9.96. The van der Waals surface area contributed by atoms with Gasteiger partial charge in [-0.2, -0.15) is 0 Å². The van der Waals surface area contributed by atoms with Crippen LogP contribution in [0.4, 0.5) is 22.7 Å². The molecule has 0 fully saturated rings. The van der Waals surface area contributed by atoms with E-state index in [1.165, 1.54) is 38.9 Å². The summed E-state index contributed by atoms with van der Waals surface area (Å²) in [5.41, 5.74) is 5.04. The molecule has 0 atom stereocenters. The van der Waals surface area contributed by atoms with Gasteiger partial charge in [0.1, 0.15) is 23.5 Å². The normalized spacial score (nSPS) is 12.1. The van der Waals surface area contributed by atoms with Crippen molar-refractivity contribution in [3.8, 4) is 0 Å². The molecule has 3 aromatic carbocycles. The average Bonchev–Trinajstić information content (AvgIpc) is 3.31. The first-order valence-electron chi connectivity index (χ1n) is 11.7. The van der Waals surface area contributed by atoms with E-state index in [1.54, 1.807) is 0 Å². The van der Waals surface area contributed by atoms with Crippen molar-refractivity contribution < 1.29 is 0 Å². The van der Waals surface area contributed by atoms with Crippen LogP contribution in [0.2, 0.25) is 0 Å². The highest BCUT2D eigenvalue weighted by Gasteiger charge is 2.38. The molecule has 0 bridgehead atoms. The van der Waals surface area contributed by atoms with E-state index in [0.717, 1.165) is 0 Å². The number of hydrogen-bond donors (Lipinski definition) is 1. The number of rotatable bonds is 8. The highest BCUT2D eigenvalue weighted by molar-refractivity contribution is 6.06. The summed E-state index contributed by atoms with van der Waals surface area (Å²) in [6.07, 6.45) is 0. The maximum atomic E-state index is 3.87. The zero-order valence-corrected chi connectivity index (χ0v) is 21.1. The first-order chi connectivity index (χ1) is 14.6. The average molecular weight is 422 g/mol. The Labute approximate surface area is 188 Å². The molecule has 3 rings (SSSR count). The highest BCUT2D eigenvalue weighted by atomic mass is 15.2. The van der Waals surface area contributed by atoms with Crippen molar-refractivity contribution in [3.63, 3.8) is 0 Å². The van der Waals surface area contributed by atoms with Crippen LogP contribution in [0.15, 0.2) is 36.4 Å². The minimum Gasteiger partial charge on any atom is -0.377 e. The van der Waals surface area contributed by atoms with Gasteiger partial charge in [-0.15, -0.1) is 0 Å². The number of nitrogens with zero attached hydrogens (tertiary/aromatic N) is 3. The summed E-state index contributed by atoms with van der Waals surface area (Å²) < 4.78 is 2.55. The van der Waals surface area contributed by atoms with Gasteiger partial charge >= 0.3 is 0 Å². The third kappa shape index (κ3) is 4.44. The topological polar surface area (TPSA) is 21.5 Å². The number of hydrogen-bond acceptors (Lipinski definition) is 3. The number of anilines is 4. The van der Waals surface area contributed by atoms with Crippen LogP contribution in [0.25, 0.3) is 10.8 Å². The van der Waals surface area contributed by atoms with Crippen LogP contribution in [-0.4, -0.2) is 38.3 Å². The van der Waals surface area contributed by atoms with Crippen molar-refractivity contribution in [3.05, 3.63) is 41.8 Å². The van der Waals surface area contributed by atoms with E-state index in [1.807, 2.05) is 0 Å². The number of fused-ring (bicyclic) bond motifs is 1. The molecule has 0 unspecified atom stereocenters. The molecule has 0 aliphatic heterocycles. The molecular weight excluding hydrogens is 380 g/mol. The monoisotopic (exact) mass is 421 g/mol. The quantitative estimate of drug-likeness (QED) is 0.469. The minimum atomic E-state index is 0.440. The molecular formula is C27H41N4+. The molecule has 3 aromatic rings. The lowest BCUT2D eigenvalue weighted by atomic mass is 10.1. The van der Waals surface area contributed by atoms with Crippen molar-refractivity contribution in [2.24, 2.45) is 0 Å². The summed E-state index contributed by atoms with van der Waals surface area (Å²) in [5, 5.41) is 7.77. The zero-order chi connectivity index (χ0) is 23.0. The molecule has 1 N–H and O–H groups in total. The number of nitrogens with one attached hydrogen (secondary N) is 1. The fourth-order valence-electron chi connectivity index (χ4n) is 4.95. The maximum absolute atomic E-state index is 3.87. The Balaban J connectivity index is 2.23. The molecule has 168 valence electrons. The van der Waals surface area contributed by atoms with Crippen molar-refractivity contribution in [1.29, 1.82) is 0 Å². The van der Waals surface area contributed by atoms with E-state index in [0.29, 0.717) is 24.2 Å². The Hall–Kier alpha value is -2.49. The van der Waals surface area contributed by atoms with Crippen LogP contribution in [0.3, 0.4) is 0 Å². The fourth-order valence-corrected chi connectivity index (χ4v) is 4.95. The summed E-state index contributed by atoms with van der Waals surface area (Å²) in [6.45, 7) is 18.3. The standard InChI is InChI=1S/C27H40N4/c1-17(2)30(18(3)4)26-25(27(26)31(19(5)6)20(7)8)28-22-15-11-13-21-14-12-16-23(24(21)22)29(9)10/h11-20H,1-10H3/p+1. The largest absolute Gasteiger partial charge is 0.377 e. The lowest BCUT2D eigenvalue weighted by molar-refractivity contribution is 0.429. The molecule has 0 saturated heterocycles. The van der Waals surface area contributed by atoms with Gasteiger partial charge in [0.25, 0.3) is 5.36 Å². The van der Waals surface area contributed by atoms with Gasteiger partial charge in [0.15, 0.2) is 0 Å². The van der Waals surface area contributed by atoms with Gasteiger partial charge in [-0.25, -0.2) is 4.58 Å². The van der Waals surface area contributed by atoms with Crippen LogP contribution in [-0.2, 0) is 0 Å². The smallest absolute Gasteiger partial charge is 0.252 e. The summed E-state index contributed by atoms with van der Waals surface area (Å²) in [6, 6.07) is 14.9. The van der Waals surface area contributed by atoms with E-state index in [4.69, 9.17) is 0 Å². The maximum Gasteiger partial charge on any atom is 0.252 e. The van der Waals surface area contributed by atoms with Gasteiger partial charge < -0.3 is 15.1 Å². The number of benzene rings is 2. The van der Waals surface area contributed by atoms with Crippen molar-refractivity contribution >= 4 is 33.5 Å². The first kappa shape index (κ1) is 23.2. The molecule has 0 spiro atoms. The summed E-state index contributed by atoms with van der Waals surface area (Å²) in [4.78, 5) is 4.75. The Morgan fingerprint density at radius 3 is 1.81 bits per heavy atom. The molecule has 0 aliphatic rings. The van der Waals surface area contributed by atoms with Crippen LogP contribution >= 0.6 is 0 Å². The fraction of sp³-hybridized carbons (Fsp3) is 0.519. The van der Waals surface area contributed by atoms with Gasteiger partial charge in [0, 0.05) is 42.9 Å². The van der Waals surface area contributed by atoms with Crippen LogP contribution in [0, 0.1) is 0 Å². The lowest BCUT2D eigenvalue weighted by Gasteiger charge is -2.29. The van der Waals surface area contributed by atoms with E-state index in [2.05, 4.69) is 126 Å². The van der Waals surface area contributed by atoms with Crippen molar-refractivity contribution in [1.82, 2.24) is 4.58 Å². The predicted octanol–water partition coefficient (Wildman–Crippen LogP) is 5.74. The molecule has 31 heavy (non-hydrogen) atoms. The Bertz CT molecular complexity index is 1040. The van der Waals surface area contributed by atoms with E-state index in [9.17, 15) is 0 Å². The second kappa shape index (κ2) is 8.94. The first-order valence-corrected chi connectivity index (χ1v) is 11.7. The third-order valence-electron chi connectivity index (χ3n) is 6.00. The van der Waals surface area contributed by atoms with Gasteiger partial charge in [-0.05, 0) is 72.9 Å². The molecule has 4 nitrogen and oxygen atoms in total. The molecule has 0 saturated carbocycles. The molecule has 4 heteroatoms. The lowest BCUT2D eigenvalue weighted by Crippen LogP contribution is -2.41. The van der Waals surface area contributed by atoms with E-state index >= 15 is 0 Å². The van der Waals surface area contributed by atoms with E-state index < -0.39 is 0 Å². The van der Waals surface area contributed by atoms with Crippen molar-refractivity contribution in [2.75, 3.05) is 29.2 Å². The highest BCUT2D eigenvalue weighted by Crippen LogP contribution is 2.39. The SMILES string of the molecule is CC(C)N(c1c(Nc2cccc3cccc(N(C)C)c23)c1=[N+](C(C)C)C(C)C)C(C)C. The predicted molar refractivity (Wildman–Crippen MR) is 139 cm³/mol. The van der Waals surface area contributed by atoms with Gasteiger partial charge in [0.05, 0.1) is 0 Å². The minimum absolute atomic E-state index is 0.440. The summed E-state index contributed by atoms with van der Waals surface area (Å²) in [5.74, 6) is 0. The molecule has 0 aromatic heterocycles. The molecule has 0 radical (unpaired) electrons. The van der Waals surface area contributed by atoms with Crippen LogP contribution < -0.4 is 25.0 Å². The van der Waals surface area contributed by atoms with Crippen LogP contribution in [0.1, 0.15) is 55.4 Å². The Kier molecular flexibility index (Phi) is 6.68. The zero-order valence-electron chi connectivity index (χ0n) is 21.1. The Morgan fingerprint density at radius 1 is 0.774 bits per heavy atom. The van der Waals surface area contributed by atoms with E-state index in [-0.39, 0.29) is 0 Å². The van der Waals surface area contributed by atoms with Gasteiger partial charge in [0.2, 0.25) is 0 Å². The summed E-state index contributed by atoms with van der Waals surface area (Å²) in [7, 11) is 4.23. The van der Waals surface area contributed by atoms with Crippen LogP contribution in [0.5, 0.6) is 0 Å². The molecule has 0 heterocycles. The second-order valence-corrected chi connectivity index (χ2v) is 9.96. The Morgan fingerprint density at radius 2 is 1.32 bits per heavy atom. The molecule has 0 amide bonds. The van der Waals surface area contributed by atoms with Gasteiger partial charge in [-0.3, -0.25) is 0 Å². The third-order valence-corrected chi connectivity index (χ3v) is 6.00.